The molecule has 0 saturated heterocycles. The van der Waals surface area contributed by atoms with E-state index >= 15 is 0 Å². The van der Waals surface area contributed by atoms with Crippen molar-refractivity contribution in [3.63, 3.8) is 0 Å². The van der Waals surface area contributed by atoms with Gasteiger partial charge in [0.1, 0.15) is 6.26 Å². The van der Waals surface area contributed by atoms with Crippen molar-refractivity contribution in [1.29, 1.82) is 0 Å². The topological polar surface area (TPSA) is 38.5 Å². The van der Waals surface area contributed by atoms with Crippen LogP contribution in [0.3, 0.4) is 0 Å². The van der Waals surface area contributed by atoms with Crippen molar-refractivity contribution in [3.8, 4) is 5.75 Å². The molecule has 18 heavy (non-hydrogen) atoms. The molecule has 0 aliphatic carbocycles. The Morgan fingerprint density at radius 3 is 2.89 bits per heavy atom. The monoisotopic (exact) mass is 238 g/mol. The molecular weight excluding hydrogens is 228 g/mol. The van der Waals surface area contributed by atoms with E-state index in [4.69, 9.17) is 9.36 Å². The van der Waals surface area contributed by atoms with Gasteiger partial charge in [-0.1, -0.05) is 35.5 Å². The highest BCUT2D eigenvalue weighted by molar-refractivity contribution is 5.88. The highest BCUT2D eigenvalue weighted by Crippen LogP contribution is 2.35. The number of hydrogen-bond acceptors (Lipinski definition) is 4. The van der Waals surface area contributed by atoms with Crippen LogP contribution in [0.2, 0.25) is 0 Å². The van der Waals surface area contributed by atoms with E-state index in [0.717, 1.165) is 5.75 Å². The Balaban J connectivity index is 1.83. The van der Waals surface area contributed by atoms with Gasteiger partial charge < -0.3 is 9.36 Å². The second kappa shape index (κ2) is 3.50. The number of hydroxylamine groups is 1. The largest absolute Gasteiger partial charge is 0.377 e. The third-order valence-corrected chi connectivity index (χ3v) is 3.19. The molecule has 0 saturated carbocycles. The van der Waals surface area contributed by atoms with E-state index < -0.39 is 0 Å². The van der Waals surface area contributed by atoms with Crippen molar-refractivity contribution in [2.75, 3.05) is 5.06 Å². The average Bonchev–Trinajstić information content (AvgIpc) is 3.07. The van der Waals surface area contributed by atoms with Crippen LogP contribution in [-0.2, 0) is 6.54 Å². The molecule has 0 atom stereocenters. The summed E-state index contributed by atoms with van der Waals surface area (Å²) >= 11 is 0. The van der Waals surface area contributed by atoms with Crippen molar-refractivity contribution in [3.05, 3.63) is 54.3 Å². The maximum absolute atomic E-state index is 5.77. The quantitative estimate of drug-likeness (QED) is 0.652. The number of rotatable bonds is 1. The number of fused-ring (bicyclic) bond motifs is 3. The van der Waals surface area contributed by atoms with Gasteiger partial charge in [0, 0.05) is 11.6 Å². The van der Waals surface area contributed by atoms with Crippen LogP contribution >= 0.6 is 0 Å². The summed E-state index contributed by atoms with van der Waals surface area (Å²) in [6.07, 6.45) is 1.54. The maximum atomic E-state index is 5.77. The lowest BCUT2D eigenvalue weighted by Crippen LogP contribution is -2.20. The Morgan fingerprint density at radius 1 is 1.06 bits per heavy atom. The van der Waals surface area contributed by atoms with Gasteiger partial charge in [-0.15, -0.1) is 0 Å². The maximum Gasteiger partial charge on any atom is 0.206 e. The van der Waals surface area contributed by atoms with Crippen LogP contribution < -0.4 is 9.90 Å². The molecule has 4 nitrogen and oxygen atoms in total. The number of anilines is 1. The van der Waals surface area contributed by atoms with Crippen LogP contribution in [0.4, 0.5) is 5.82 Å². The highest BCUT2D eigenvalue weighted by Gasteiger charge is 2.24. The summed E-state index contributed by atoms with van der Waals surface area (Å²) in [5.41, 5.74) is 1.19. The van der Waals surface area contributed by atoms with E-state index in [0.29, 0.717) is 12.4 Å². The lowest BCUT2D eigenvalue weighted by atomic mass is 10.0. The van der Waals surface area contributed by atoms with Gasteiger partial charge >= 0.3 is 0 Å². The van der Waals surface area contributed by atoms with Crippen molar-refractivity contribution in [2.45, 2.75) is 6.54 Å². The van der Waals surface area contributed by atoms with Crippen molar-refractivity contribution in [1.82, 2.24) is 5.16 Å². The van der Waals surface area contributed by atoms with Crippen LogP contribution in [0, 0.1) is 0 Å². The minimum atomic E-state index is 0.684. The number of benzene rings is 2. The SMILES string of the molecule is c1ccc2c3c(ccc2c1)ON(c1ccon1)C3. The predicted molar refractivity (Wildman–Crippen MR) is 67.3 cm³/mol. The fraction of sp³-hybridized carbons (Fsp3) is 0.0714. The molecule has 1 aliphatic rings. The molecule has 0 N–H and O–H groups in total. The fourth-order valence-electron chi connectivity index (χ4n) is 2.32. The van der Waals surface area contributed by atoms with E-state index in [9.17, 15) is 0 Å². The molecule has 3 aromatic rings. The zero-order chi connectivity index (χ0) is 11.9. The highest BCUT2D eigenvalue weighted by atomic mass is 16.7. The molecule has 2 heterocycles. The first-order valence-corrected chi connectivity index (χ1v) is 5.78. The first-order valence-electron chi connectivity index (χ1n) is 5.78. The van der Waals surface area contributed by atoms with Gasteiger partial charge in [-0.3, -0.25) is 0 Å². The summed E-state index contributed by atoms with van der Waals surface area (Å²) in [5.74, 6) is 1.58. The van der Waals surface area contributed by atoms with E-state index in [2.05, 4.69) is 23.4 Å². The number of nitrogens with zero attached hydrogens (tertiary/aromatic N) is 2. The van der Waals surface area contributed by atoms with Crippen LogP contribution in [0.5, 0.6) is 5.75 Å². The second-order valence-electron chi connectivity index (χ2n) is 4.25. The third kappa shape index (κ3) is 1.29. The van der Waals surface area contributed by atoms with E-state index in [1.165, 1.54) is 16.3 Å². The first kappa shape index (κ1) is 9.53. The summed E-state index contributed by atoms with van der Waals surface area (Å²) in [5, 5.41) is 8.07. The van der Waals surface area contributed by atoms with Gasteiger partial charge in [0.25, 0.3) is 0 Å². The number of aromatic nitrogens is 1. The summed E-state index contributed by atoms with van der Waals surface area (Å²) in [6, 6.07) is 14.2. The van der Waals surface area contributed by atoms with Crippen LogP contribution in [0.15, 0.2) is 53.3 Å². The van der Waals surface area contributed by atoms with Gasteiger partial charge in [-0.2, -0.15) is 5.06 Å². The van der Waals surface area contributed by atoms with Crippen molar-refractivity contribution in [2.24, 2.45) is 0 Å². The molecule has 0 bridgehead atoms. The smallest absolute Gasteiger partial charge is 0.206 e. The molecule has 0 fully saturated rings. The minimum absolute atomic E-state index is 0.684. The minimum Gasteiger partial charge on any atom is -0.377 e. The molecule has 88 valence electrons. The molecule has 4 heteroatoms. The van der Waals surface area contributed by atoms with Crippen molar-refractivity contribution < 1.29 is 9.36 Å². The molecule has 2 aromatic carbocycles. The summed E-state index contributed by atoms with van der Waals surface area (Å²) in [7, 11) is 0. The number of hydrogen-bond donors (Lipinski definition) is 0. The molecule has 4 rings (SSSR count). The van der Waals surface area contributed by atoms with Gasteiger partial charge in [0.15, 0.2) is 5.75 Å². The average molecular weight is 238 g/mol. The summed E-state index contributed by atoms with van der Waals surface area (Å²) in [4.78, 5) is 5.77. The molecule has 0 amide bonds. The first-order chi connectivity index (χ1) is 8.92. The zero-order valence-electron chi connectivity index (χ0n) is 9.54. The van der Waals surface area contributed by atoms with Crippen LogP contribution in [0.25, 0.3) is 10.8 Å². The second-order valence-corrected chi connectivity index (χ2v) is 4.25. The summed E-state index contributed by atoms with van der Waals surface area (Å²) in [6.45, 7) is 0.684. The zero-order valence-corrected chi connectivity index (χ0v) is 9.54. The lowest BCUT2D eigenvalue weighted by Gasteiger charge is -2.11. The molecule has 0 unspecified atom stereocenters. The Kier molecular flexibility index (Phi) is 1.85. The lowest BCUT2D eigenvalue weighted by molar-refractivity contribution is 0.296. The normalized spacial score (nSPS) is 13.7. The van der Waals surface area contributed by atoms with Gasteiger partial charge in [0.2, 0.25) is 5.82 Å². The summed E-state index contributed by atoms with van der Waals surface area (Å²) < 4.78 is 4.84. The van der Waals surface area contributed by atoms with Crippen LogP contribution in [0.1, 0.15) is 5.56 Å². The molecular formula is C14H10N2O2. The standard InChI is InChI=1S/C14H10N2O2/c1-2-4-11-10(3-1)5-6-13-12(11)9-16(18-13)14-7-8-17-15-14/h1-8H,9H2. The predicted octanol–water partition coefficient (Wildman–Crippen LogP) is 3.14. The molecule has 1 aliphatic heterocycles. The molecule has 1 aromatic heterocycles. The van der Waals surface area contributed by atoms with Crippen LogP contribution in [-0.4, -0.2) is 5.16 Å². The van der Waals surface area contributed by atoms with Crippen molar-refractivity contribution >= 4 is 16.6 Å². The molecule has 0 radical (unpaired) electrons. The Labute approximate surface area is 103 Å². The Bertz CT molecular complexity index is 707. The van der Waals surface area contributed by atoms with E-state index in [1.54, 1.807) is 17.4 Å². The molecule has 0 spiro atoms. The van der Waals surface area contributed by atoms with Gasteiger partial charge in [-0.05, 0) is 16.8 Å². The van der Waals surface area contributed by atoms with E-state index in [1.807, 2.05) is 18.2 Å². The van der Waals surface area contributed by atoms with E-state index in [-0.39, 0.29) is 0 Å². The Hall–Kier alpha value is -2.49. The fourth-order valence-corrected chi connectivity index (χ4v) is 2.32. The van der Waals surface area contributed by atoms with Gasteiger partial charge in [-0.25, -0.2) is 0 Å². The third-order valence-electron chi connectivity index (χ3n) is 3.19. The van der Waals surface area contributed by atoms with Gasteiger partial charge in [0.05, 0.1) is 6.54 Å². The Morgan fingerprint density at radius 2 is 2.00 bits per heavy atom.